The Bertz CT molecular complexity index is 1120. The number of hydrogen-bond acceptors (Lipinski definition) is 5. The summed E-state index contributed by atoms with van der Waals surface area (Å²) in [5.41, 5.74) is 5.25. The molecule has 2 unspecified atom stereocenters. The molecule has 33 heavy (non-hydrogen) atoms. The lowest BCUT2D eigenvalue weighted by atomic mass is 9.98. The monoisotopic (exact) mass is 464 g/mol. The van der Waals surface area contributed by atoms with Gasteiger partial charge >= 0.3 is 12.1 Å². The number of amides is 2. The fraction of sp³-hybridized carbons (Fsp3) is 0.240. The van der Waals surface area contributed by atoms with Crippen LogP contribution in [0.3, 0.4) is 0 Å². The molecule has 2 amide bonds. The molecular formula is C25H24N2O5S. The molecule has 4 rings (SSSR count). The largest absolute Gasteiger partial charge is 0.481 e. The second-order valence-electron chi connectivity index (χ2n) is 7.91. The summed E-state index contributed by atoms with van der Waals surface area (Å²) in [6, 6.07) is 16.2. The van der Waals surface area contributed by atoms with Gasteiger partial charge in [0, 0.05) is 5.92 Å². The lowest BCUT2D eigenvalue weighted by molar-refractivity contribution is -0.140. The van der Waals surface area contributed by atoms with Gasteiger partial charge in [0.15, 0.2) is 0 Å². The van der Waals surface area contributed by atoms with E-state index in [4.69, 9.17) is 4.74 Å². The van der Waals surface area contributed by atoms with Crippen molar-refractivity contribution in [2.45, 2.75) is 31.3 Å². The van der Waals surface area contributed by atoms with Crippen LogP contribution in [0.25, 0.3) is 11.1 Å². The number of alkyl carbamates (subject to hydrolysis) is 1. The van der Waals surface area contributed by atoms with Crippen LogP contribution in [0, 0.1) is 0 Å². The van der Waals surface area contributed by atoms with Gasteiger partial charge in [0.1, 0.15) is 12.6 Å². The number of rotatable bonds is 8. The standard InChI is InChI=1S/C25H24N2O5S/c1-15(16-10-11-33-14-16)26-24(30)22(12-23(28)29)27-25(31)32-13-21-19-8-4-2-6-17(19)18-7-3-5-9-20(18)21/h2-11,14-15,21-22H,12-13H2,1H3,(H,26,30)(H,27,31)(H,28,29). The Balaban J connectivity index is 1.41. The van der Waals surface area contributed by atoms with E-state index in [0.717, 1.165) is 27.8 Å². The molecule has 2 aromatic carbocycles. The number of thiophene rings is 1. The van der Waals surface area contributed by atoms with Crippen LogP contribution in [0.1, 0.15) is 42.0 Å². The Hall–Kier alpha value is -3.65. The summed E-state index contributed by atoms with van der Waals surface area (Å²) >= 11 is 1.50. The van der Waals surface area contributed by atoms with Crippen molar-refractivity contribution in [1.29, 1.82) is 0 Å². The number of benzene rings is 2. The smallest absolute Gasteiger partial charge is 0.407 e. The van der Waals surface area contributed by atoms with Gasteiger partial charge < -0.3 is 20.5 Å². The summed E-state index contributed by atoms with van der Waals surface area (Å²) in [6.07, 6.45) is -1.38. The lowest BCUT2D eigenvalue weighted by Gasteiger charge is -2.20. The first-order valence-electron chi connectivity index (χ1n) is 10.6. The Morgan fingerprint density at radius 3 is 2.21 bits per heavy atom. The van der Waals surface area contributed by atoms with Crippen molar-refractivity contribution < 1.29 is 24.2 Å². The van der Waals surface area contributed by atoms with E-state index in [9.17, 15) is 19.5 Å². The average Bonchev–Trinajstić information content (AvgIpc) is 3.44. The Labute approximate surface area is 195 Å². The first-order chi connectivity index (χ1) is 15.9. The molecule has 8 heteroatoms. The molecule has 1 aliphatic carbocycles. The quantitative estimate of drug-likeness (QED) is 0.461. The molecule has 2 atom stereocenters. The topological polar surface area (TPSA) is 105 Å². The van der Waals surface area contributed by atoms with Crippen LogP contribution in [0.5, 0.6) is 0 Å². The molecule has 0 saturated carbocycles. The summed E-state index contributed by atoms with van der Waals surface area (Å²) < 4.78 is 5.46. The van der Waals surface area contributed by atoms with Crippen molar-refractivity contribution in [3.63, 3.8) is 0 Å². The fourth-order valence-corrected chi connectivity index (χ4v) is 4.84. The summed E-state index contributed by atoms with van der Waals surface area (Å²) in [6.45, 7) is 1.87. The summed E-state index contributed by atoms with van der Waals surface area (Å²) in [5, 5.41) is 18.2. The number of carbonyl (C=O) groups excluding carboxylic acids is 2. The van der Waals surface area contributed by atoms with Crippen LogP contribution in [-0.4, -0.2) is 35.7 Å². The minimum atomic E-state index is -1.25. The van der Waals surface area contributed by atoms with Gasteiger partial charge in [0.05, 0.1) is 12.5 Å². The zero-order chi connectivity index (χ0) is 23.4. The van der Waals surface area contributed by atoms with Crippen molar-refractivity contribution in [2.75, 3.05) is 6.61 Å². The van der Waals surface area contributed by atoms with Gasteiger partial charge in [-0.25, -0.2) is 4.79 Å². The second kappa shape index (κ2) is 9.87. The minimum absolute atomic E-state index is 0.0760. The van der Waals surface area contributed by atoms with Crippen LogP contribution in [-0.2, 0) is 14.3 Å². The molecule has 0 fully saturated rings. The number of carboxylic acids is 1. The normalized spacial score (nSPS) is 14.0. The van der Waals surface area contributed by atoms with E-state index >= 15 is 0 Å². The third kappa shape index (κ3) is 5.06. The van der Waals surface area contributed by atoms with Crippen molar-refractivity contribution in [3.8, 4) is 11.1 Å². The van der Waals surface area contributed by atoms with E-state index in [1.165, 1.54) is 11.3 Å². The molecule has 170 valence electrons. The number of carbonyl (C=O) groups is 3. The second-order valence-corrected chi connectivity index (χ2v) is 8.69. The van der Waals surface area contributed by atoms with Gasteiger partial charge in [-0.15, -0.1) is 0 Å². The highest BCUT2D eigenvalue weighted by molar-refractivity contribution is 7.08. The SMILES string of the molecule is CC(NC(=O)C(CC(=O)O)NC(=O)OCC1c2ccccc2-c2ccccc21)c1ccsc1. The van der Waals surface area contributed by atoms with Crippen LogP contribution in [0.15, 0.2) is 65.4 Å². The molecule has 0 radical (unpaired) electrons. The number of ether oxygens (including phenoxy) is 1. The van der Waals surface area contributed by atoms with E-state index in [-0.39, 0.29) is 18.6 Å². The fourth-order valence-electron chi connectivity index (χ4n) is 4.08. The Morgan fingerprint density at radius 1 is 1.00 bits per heavy atom. The van der Waals surface area contributed by atoms with E-state index in [1.54, 1.807) is 6.92 Å². The molecule has 0 spiro atoms. The Kier molecular flexibility index (Phi) is 6.74. The van der Waals surface area contributed by atoms with E-state index in [2.05, 4.69) is 10.6 Å². The van der Waals surface area contributed by atoms with Gasteiger partial charge in [-0.2, -0.15) is 11.3 Å². The molecule has 0 aliphatic heterocycles. The van der Waals surface area contributed by atoms with Crippen molar-refractivity contribution in [1.82, 2.24) is 10.6 Å². The molecule has 0 saturated heterocycles. The molecule has 7 nitrogen and oxygen atoms in total. The third-order valence-corrected chi connectivity index (χ3v) is 6.43. The predicted molar refractivity (Wildman–Crippen MR) is 125 cm³/mol. The lowest BCUT2D eigenvalue weighted by Crippen LogP contribution is -2.48. The maximum atomic E-state index is 12.7. The average molecular weight is 465 g/mol. The third-order valence-electron chi connectivity index (χ3n) is 5.73. The number of nitrogens with one attached hydrogen (secondary N) is 2. The van der Waals surface area contributed by atoms with Gasteiger partial charge in [0.25, 0.3) is 0 Å². The summed E-state index contributed by atoms with van der Waals surface area (Å²) in [5.74, 6) is -1.91. The van der Waals surface area contributed by atoms with E-state index in [1.807, 2.05) is 65.4 Å². The number of fused-ring (bicyclic) bond motifs is 3. The maximum Gasteiger partial charge on any atom is 0.407 e. The van der Waals surface area contributed by atoms with E-state index < -0.39 is 30.4 Å². The Morgan fingerprint density at radius 2 is 1.64 bits per heavy atom. The maximum absolute atomic E-state index is 12.7. The number of aliphatic carboxylic acids is 1. The van der Waals surface area contributed by atoms with Crippen LogP contribution >= 0.6 is 11.3 Å². The first kappa shape index (κ1) is 22.5. The highest BCUT2D eigenvalue weighted by Crippen LogP contribution is 2.44. The zero-order valence-corrected chi connectivity index (χ0v) is 18.8. The van der Waals surface area contributed by atoms with Crippen LogP contribution in [0.2, 0.25) is 0 Å². The molecule has 1 heterocycles. The molecule has 3 N–H and O–H groups in total. The molecular weight excluding hydrogens is 440 g/mol. The van der Waals surface area contributed by atoms with Crippen molar-refractivity contribution >= 4 is 29.3 Å². The van der Waals surface area contributed by atoms with E-state index in [0.29, 0.717) is 0 Å². The number of hydrogen-bond donors (Lipinski definition) is 3. The highest BCUT2D eigenvalue weighted by atomic mass is 32.1. The molecule has 3 aromatic rings. The van der Waals surface area contributed by atoms with Gasteiger partial charge in [-0.05, 0) is 51.6 Å². The molecule has 1 aromatic heterocycles. The molecule has 1 aliphatic rings. The van der Waals surface area contributed by atoms with Crippen LogP contribution in [0.4, 0.5) is 4.79 Å². The van der Waals surface area contributed by atoms with Gasteiger partial charge in [-0.3, -0.25) is 9.59 Å². The first-order valence-corrected chi connectivity index (χ1v) is 11.5. The zero-order valence-electron chi connectivity index (χ0n) is 18.0. The van der Waals surface area contributed by atoms with Gasteiger partial charge in [0.2, 0.25) is 5.91 Å². The minimum Gasteiger partial charge on any atom is -0.481 e. The van der Waals surface area contributed by atoms with Crippen molar-refractivity contribution in [3.05, 3.63) is 82.0 Å². The summed E-state index contributed by atoms with van der Waals surface area (Å²) in [4.78, 5) is 36.5. The van der Waals surface area contributed by atoms with Gasteiger partial charge in [-0.1, -0.05) is 48.5 Å². The highest BCUT2D eigenvalue weighted by Gasteiger charge is 2.30. The van der Waals surface area contributed by atoms with Crippen molar-refractivity contribution in [2.24, 2.45) is 0 Å². The van der Waals surface area contributed by atoms with Crippen LogP contribution < -0.4 is 10.6 Å². The predicted octanol–water partition coefficient (Wildman–Crippen LogP) is 4.31. The number of carboxylic acid groups (broad SMARTS) is 1. The summed E-state index contributed by atoms with van der Waals surface area (Å²) in [7, 11) is 0. The molecule has 0 bridgehead atoms.